The lowest BCUT2D eigenvalue weighted by Crippen LogP contribution is -2.20. The molecule has 1 atom stereocenters. The van der Waals surface area contributed by atoms with Gasteiger partial charge in [-0.05, 0) is 12.0 Å². The number of rotatable bonds is 4. The fraction of sp³-hybridized carbons (Fsp3) is 0.333. The molecule has 0 heterocycles. The van der Waals surface area contributed by atoms with Gasteiger partial charge in [0.05, 0.1) is 16.0 Å². The number of carbonyl (C=O) groups excluding carboxylic acids is 1. The second-order valence-electron chi connectivity index (χ2n) is 4.11. The Morgan fingerprint density at radius 1 is 1.50 bits per heavy atom. The van der Waals surface area contributed by atoms with E-state index in [1.807, 2.05) is 6.07 Å². The third kappa shape index (κ3) is 2.66. The summed E-state index contributed by atoms with van der Waals surface area (Å²) in [6.07, 6.45) is 0. The molecule has 1 rings (SSSR count). The van der Waals surface area contributed by atoms with E-state index >= 15 is 0 Å². The van der Waals surface area contributed by atoms with Crippen LogP contribution in [0.15, 0.2) is 18.2 Å². The van der Waals surface area contributed by atoms with Crippen LogP contribution < -0.4 is 0 Å². The van der Waals surface area contributed by atoms with Crippen molar-refractivity contribution in [1.29, 1.82) is 5.26 Å². The van der Waals surface area contributed by atoms with Crippen molar-refractivity contribution >= 4 is 23.1 Å². The molecule has 1 unspecified atom stereocenters. The van der Waals surface area contributed by atoms with E-state index in [1.54, 1.807) is 13.8 Å². The van der Waals surface area contributed by atoms with E-state index in [9.17, 15) is 14.9 Å². The van der Waals surface area contributed by atoms with Gasteiger partial charge in [0.1, 0.15) is 11.5 Å². The molecule has 0 fully saturated rings. The van der Waals surface area contributed by atoms with Crippen molar-refractivity contribution in [3.63, 3.8) is 0 Å². The maximum atomic E-state index is 12.2. The van der Waals surface area contributed by atoms with Gasteiger partial charge in [-0.1, -0.05) is 31.5 Å². The monoisotopic (exact) mass is 266 g/mol. The molecule has 0 aliphatic heterocycles. The van der Waals surface area contributed by atoms with Gasteiger partial charge in [-0.3, -0.25) is 14.9 Å². The van der Waals surface area contributed by atoms with Crippen LogP contribution in [0.5, 0.6) is 0 Å². The number of benzene rings is 1. The van der Waals surface area contributed by atoms with E-state index in [1.165, 1.54) is 18.2 Å². The van der Waals surface area contributed by atoms with E-state index in [2.05, 4.69) is 0 Å². The first kappa shape index (κ1) is 14.1. The number of nitriles is 1. The summed E-state index contributed by atoms with van der Waals surface area (Å²) in [7, 11) is 0. The predicted octanol–water partition coefficient (Wildman–Crippen LogP) is 3.23. The molecular formula is C12H11ClN2O3. The minimum atomic E-state index is -0.941. The SMILES string of the molecule is CC(C)C(C#N)C(=O)c1c(Cl)cccc1[N+](=O)[O-]. The average molecular weight is 267 g/mol. The van der Waals surface area contributed by atoms with Gasteiger partial charge in [-0.2, -0.15) is 5.26 Å². The van der Waals surface area contributed by atoms with Gasteiger partial charge in [0, 0.05) is 6.07 Å². The van der Waals surface area contributed by atoms with Crippen LogP contribution in [0.2, 0.25) is 5.02 Å². The van der Waals surface area contributed by atoms with Crippen molar-refractivity contribution in [2.75, 3.05) is 0 Å². The first-order valence-corrected chi connectivity index (χ1v) is 5.64. The molecule has 6 heteroatoms. The number of carbonyl (C=O) groups is 1. The van der Waals surface area contributed by atoms with E-state index in [0.717, 1.165) is 0 Å². The lowest BCUT2D eigenvalue weighted by molar-refractivity contribution is -0.385. The highest BCUT2D eigenvalue weighted by Crippen LogP contribution is 2.30. The Morgan fingerprint density at radius 3 is 2.56 bits per heavy atom. The zero-order chi connectivity index (χ0) is 13.9. The molecule has 1 aromatic rings. The van der Waals surface area contributed by atoms with Crippen molar-refractivity contribution in [1.82, 2.24) is 0 Å². The maximum absolute atomic E-state index is 12.2. The zero-order valence-electron chi connectivity index (χ0n) is 9.88. The van der Waals surface area contributed by atoms with Gasteiger partial charge >= 0.3 is 0 Å². The zero-order valence-corrected chi connectivity index (χ0v) is 10.6. The lowest BCUT2D eigenvalue weighted by atomic mass is 9.88. The fourth-order valence-corrected chi connectivity index (χ4v) is 1.84. The highest BCUT2D eigenvalue weighted by atomic mass is 35.5. The van der Waals surface area contributed by atoms with Gasteiger partial charge in [0.15, 0.2) is 5.78 Å². The number of nitro groups is 1. The van der Waals surface area contributed by atoms with Crippen molar-refractivity contribution in [2.45, 2.75) is 13.8 Å². The summed E-state index contributed by atoms with van der Waals surface area (Å²) >= 11 is 5.84. The summed E-state index contributed by atoms with van der Waals surface area (Å²) in [5, 5.41) is 19.8. The molecule has 0 aromatic heterocycles. The molecule has 0 amide bonds. The summed E-state index contributed by atoms with van der Waals surface area (Å²) in [6, 6.07) is 5.86. The number of ketones is 1. The Hall–Kier alpha value is -1.93. The number of nitro benzene ring substituents is 1. The largest absolute Gasteiger partial charge is 0.292 e. The van der Waals surface area contributed by atoms with Crippen LogP contribution in [0.3, 0.4) is 0 Å². The topological polar surface area (TPSA) is 84.0 Å². The molecule has 94 valence electrons. The summed E-state index contributed by atoms with van der Waals surface area (Å²) in [5.41, 5.74) is -0.558. The van der Waals surface area contributed by atoms with Crippen molar-refractivity contribution in [3.8, 4) is 6.07 Å². The summed E-state index contributed by atoms with van der Waals surface area (Å²) in [6.45, 7) is 3.41. The van der Waals surface area contributed by atoms with E-state index in [-0.39, 0.29) is 22.2 Å². The Kier molecular flexibility index (Phi) is 4.40. The van der Waals surface area contributed by atoms with Crippen LogP contribution in [0.4, 0.5) is 5.69 Å². The molecule has 5 nitrogen and oxygen atoms in total. The Balaban J connectivity index is 3.37. The third-order valence-electron chi connectivity index (χ3n) is 2.52. The Bertz CT molecular complexity index is 535. The van der Waals surface area contributed by atoms with Crippen LogP contribution in [0.1, 0.15) is 24.2 Å². The second-order valence-corrected chi connectivity index (χ2v) is 4.51. The van der Waals surface area contributed by atoms with Gasteiger partial charge in [-0.15, -0.1) is 0 Å². The van der Waals surface area contributed by atoms with Crippen LogP contribution >= 0.6 is 11.6 Å². The van der Waals surface area contributed by atoms with E-state index in [0.29, 0.717) is 0 Å². The first-order chi connectivity index (χ1) is 8.40. The second kappa shape index (κ2) is 5.61. The van der Waals surface area contributed by atoms with Crippen LogP contribution in [-0.4, -0.2) is 10.7 Å². The number of nitrogens with zero attached hydrogens (tertiary/aromatic N) is 2. The van der Waals surface area contributed by atoms with Gasteiger partial charge < -0.3 is 0 Å². The highest BCUT2D eigenvalue weighted by Gasteiger charge is 2.31. The minimum Gasteiger partial charge on any atom is -0.292 e. The summed E-state index contributed by atoms with van der Waals surface area (Å²) in [5.74, 6) is -1.79. The number of hydrogen-bond acceptors (Lipinski definition) is 4. The standard InChI is InChI=1S/C12H11ClN2O3/c1-7(2)8(6-14)12(16)11-9(13)4-3-5-10(11)15(17)18/h3-5,7-8H,1-2H3. The molecule has 0 aliphatic rings. The maximum Gasteiger partial charge on any atom is 0.281 e. The smallest absolute Gasteiger partial charge is 0.281 e. The molecule has 0 N–H and O–H groups in total. The van der Waals surface area contributed by atoms with Gasteiger partial charge in [0.25, 0.3) is 5.69 Å². The number of Topliss-reactive ketones (excluding diaryl/α,β-unsaturated/α-hetero) is 1. The Labute approximate surface area is 109 Å². The summed E-state index contributed by atoms with van der Waals surface area (Å²) < 4.78 is 0. The van der Waals surface area contributed by atoms with Crippen molar-refractivity contribution in [2.24, 2.45) is 11.8 Å². The van der Waals surface area contributed by atoms with Crippen LogP contribution in [-0.2, 0) is 0 Å². The summed E-state index contributed by atoms with van der Waals surface area (Å²) in [4.78, 5) is 22.4. The Morgan fingerprint density at radius 2 is 2.11 bits per heavy atom. The van der Waals surface area contributed by atoms with Crippen molar-refractivity contribution in [3.05, 3.63) is 38.9 Å². The molecule has 0 radical (unpaired) electrons. The lowest BCUT2D eigenvalue weighted by Gasteiger charge is -2.12. The minimum absolute atomic E-state index is 0.00454. The number of hydrogen-bond donors (Lipinski definition) is 0. The van der Waals surface area contributed by atoms with Crippen molar-refractivity contribution < 1.29 is 9.72 Å². The molecule has 0 aliphatic carbocycles. The van der Waals surface area contributed by atoms with E-state index < -0.39 is 16.6 Å². The predicted molar refractivity (Wildman–Crippen MR) is 66.4 cm³/mol. The van der Waals surface area contributed by atoms with Crippen LogP contribution in [0, 0.1) is 33.3 Å². The molecule has 0 bridgehead atoms. The van der Waals surface area contributed by atoms with Gasteiger partial charge in [0.2, 0.25) is 0 Å². The van der Waals surface area contributed by atoms with Crippen LogP contribution in [0.25, 0.3) is 0 Å². The first-order valence-electron chi connectivity index (χ1n) is 5.26. The quantitative estimate of drug-likeness (QED) is 0.476. The average Bonchev–Trinajstić information content (AvgIpc) is 2.28. The molecule has 0 saturated heterocycles. The normalized spacial score (nSPS) is 11.9. The molecule has 18 heavy (non-hydrogen) atoms. The fourth-order valence-electron chi connectivity index (χ4n) is 1.57. The molecule has 0 spiro atoms. The molecular weight excluding hydrogens is 256 g/mol. The third-order valence-corrected chi connectivity index (χ3v) is 2.84. The molecule has 1 aromatic carbocycles. The number of halogens is 1. The highest BCUT2D eigenvalue weighted by molar-refractivity contribution is 6.34. The van der Waals surface area contributed by atoms with Gasteiger partial charge in [-0.25, -0.2) is 0 Å². The molecule has 0 saturated carbocycles. The van der Waals surface area contributed by atoms with E-state index in [4.69, 9.17) is 16.9 Å².